The van der Waals surface area contributed by atoms with Gasteiger partial charge in [0.05, 0.1) is 5.92 Å². The first-order valence-corrected chi connectivity index (χ1v) is 3.73. The van der Waals surface area contributed by atoms with Crippen molar-refractivity contribution in [2.24, 2.45) is 5.73 Å². The standard InChI is InChI=1S/C10H11NO.ClH/c1-2-8(7-11)9-4-3-5-10(12)6-9;/h1,3-6,8,12H,7,11H2;1H. The Bertz CT molecular complexity index is 306. The Morgan fingerprint density at radius 2 is 2.23 bits per heavy atom. The molecule has 1 atom stereocenters. The van der Waals surface area contributed by atoms with Gasteiger partial charge >= 0.3 is 0 Å². The molecule has 0 heterocycles. The Morgan fingerprint density at radius 1 is 1.54 bits per heavy atom. The predicted octanol–water partition coefficient (Wildman–Crippen LogP) is 1.49. The molecule has 3 heteroatoms. The van der Waals surface area contributed by atoms with Crippen LogP contribution in [-0.2, 0) is 0 Å². The van der Waals surface area contributed by atoms with E-state index in [-0.39, 0.29) is 24.1 Å². The smallest absolute Gasteiger partial charge is 0.115 e. The summed E-state index contributed by atoms with van der Waals surface area (Å²) >= 11 is 0. The van der Waals surface area contributed by atoms with Crippen LogP contribution in [0.2, 0.25) is 0 Å². The largest absolute Gasteiger partial charge is 0.508 e. The Labute approximate surface area is 84.2 Å². The molecule has 1 unspecified atom stereocenters. The quantitative estimate of drug-likeness (QED) is 0.706. The van der Waals surface area contributed by atoms with Crippen LogP contribution in [0.3, 0.4) is 0 Å². The topological polar surface area (TPSA) is 46.2 Å². The van der Waals surface area contributed by atoms with Gasteiger partial charge in [0.15, 0.2) is 0 Å². The fourth-order valence-electron chi connectivity index (χ4n) is 1.04. The molecule has 70 valence electrons. The first-order valence-electron chi connectivity index (χ1n) is 3.73. The highest BCUT2D eigenvalue weighted by Gasteiger charge is 2.05. The number of phenolic OH excluding ortho intramolecular Hbond substituents is 1. The molecule has 1 aromatic rings. The molecule has 0 amide bonds. The molecule has 0 saturated heterocycles. The normalized spacial score (nSPS) is 11.1. The number of terminal acetylenes is 1. The zero-order chi connectivity index (χ0) is 8.97. The highest BCUT2D eigenvalue weighted by Crippen LogP contribution is 2.18. The van der Waals surface area contributed by atoms with Gasteiger partial charge in [0.25, 0.3) is 0 Å². The molecule has 0 fully saturated rings. The molecule has 0 saturated carbocycles. The van der Waals surface area contributed by atoms with E-state index in [0.29, 0.717) is 6.54 Å². The zero-order valence-electron chi connectivity index (χ0n) is 7.10. The van der Waals surface area contributed by atoms with E-state index in [1.165, 1.54) is 0 Å². The van der Waals surface area contributed by atoms with Crippen molar-refractivity contribution >= 4 is 12.4 Å². The molecule has 0 aromatic heterocycles. The van der Waals surface area contributed by atoms with E-state index in [1.807, 2.05) is 6.07 Å². The SMILES string of the molecule is C#CC(CN)c1cccc(O)c1.Cl. The fraction of sp³-hybridized carbons (Fsp3) is 0.200. The summed E-state index contributed by atoms with van der Waals surface area (Å²) in [6.45, 7) is 0.403. The number of rotatable bonds is 2. The van der Waals surface area contributed by atoms with E-state index >= 15 is 0 Å². The first-order chi connectivity index (χ1) is 5.77. The molecular formula is C10H12ClNO. The third kappa shape index (κ3) is 2.98. The predicted molar refractivity (Wildman–Crippen MR) is 56.0 cm³/mol. The van der Waals surface area contributed by atoms with Crippen molar-refractivity contribution in [2.75, 3.05) is 6.54 Å². The number of halogens is 1. The lowest BCUT2D eigenvalue weighted by Crippen LogP contribution is -2.10. The lowest BCUT2D eigenvalue weighted by Gasteiger charge is -2.07. The van der Waals surface area contributed by atoms with Crippen molar-refractivity contribution in [3.05, 3.63) is 29.8 Å². The zero-order valence-corrected chi connectivity index (χ0v) is 7.92. The van der Waals surface area contributed by atoms with Gasteiger partial charge in [0.1, 0.15) is 5.75 Å². The van der Waals surface area contributed by atoms with Gasteiger partial charge in [-0.3, -0.25) is 0 Å². The van der Waals surface area contributed by atoms with Crippen molar-refractivity contribution in [3.8, 4) is 18.1 Å². The number of hydrogen-bond acceptors (Lipinski definition) is 2. The summed E-state index contributed by atoms with van der Waals surface area (Å²) in [6, 6.07) is 6.85. The average Bonchev–Trinajstić information content (AvgIpc) is 2.07. The van der Waals surface area contributed by atoms with Gasteiger partial charge in [-0.1, -0.05) is 18.1 Å². The molecule has 0 bridgehead atoms. The molecule has 3 N–H and O–H groups in total. The molecule has 0 spiro atoms. The second-order valence-electron chi connectivity index (χ2n) is 2.55. The van der Waals surface area contributed by atoms with Crippen molar-refractivity contribution < 1.29 is 5.11 Å². The number of aromatic hydroxyl groups is 1. The lowest BCUT2D eigenvalue weighted by molar-refractivity contribution is 0.474. The van der Waals surface area contributed by atoms with Gasteiger partial charge in [0.2, 0.25) is 0 Å². The second-order valence-corrected chi connectivity index (χ2v) is 2.55. The molecule has 13 heavy (non-hydrogen) atoms. The molecule has 0 aliphatic carbocycles. The van der Waals surface area contributed by atoms with Crippen LogP contribution < -0.4 is 5.73 Å². The third-order valence-corrected chi connectivity index (χ3v) is 1.71. The van der Waals surface area contributed by atoms with Gasteiger partial charge < -0.3 is 10.8 Å². The molecule has 0 aliphatic heterocycles. The second kappa shape index (κ2) is 5.47. The molecule has 0 aliphatic rings. The molecule has 1 rings (SSSR count). The maximum atomic E-state index is 9.14. The molecular weight excluding hydrogens is 186 g/mol. The Hall–Kier alpha value is -1.17. The van der Waals surface area contributed by atoms with E-state index < -0.39 is 0 Å². The summed E-state index contributed by atoms with van der Waals surface area (Å²) in [5.74, 6) is 2.68. The Morgan fingerprint density at radius 3 is 2.69 bits per heavy atom. The summed E-state index contributed by atoms with van der Waals surface area (Å²) in [7, 11) is 0. The number of nitrogens with two attached hydrogens (primary N) is 1. The third-order valence-electron chi connectivity index (χ3n) is 1.71. The summed E-state index contributed by atoms with van der Waals surface area (Å²) in [5.41, 5.74) is 6.33. The molecule has 1 aromatic carbocycles. The van der Waals surface area contributed by atoms with E-state index in [0.717, 1.165) is 5.56 Å². The monoisotopic (exact) mass is 197 g/mol. The van der Waals surface area contributed by atoms with Crippen molar-refractivity contribution in [2.45, 2.75) is 5.92 Å². The van der Waals surface area contributed by atoms with E-state index in [9.17, 15) is 0 Å². The minimum absolute atomic E-state index is 0. The summed E-state index contributed by atoms with van der Waals surface area (Å²) in [4.78, 5) is 0. The van der Waals surface area contributed by atoms with Crippen LogP contribution in [0.4, 0.5) is 0 Å². The van der Waals surface area contributed by atoms with Gasteiger partial charge in [-0.15, -0.1) is 18.8 Å². The summed E-state index contributed by atoms with van der Waals surface area (Å²) < 4.78 is 0. The lowest BCUT2D eigenvalue weighted by atomic mass is 10.0. The van der Waals surface area contributed by atoms with Crippen LogP contribution >= 0.6 is 12.4 Å². The van der Waals surface area contributed by atoms with Gasteiger partial charge in [-0.2, -0.15) is 0 Å². The molecule has 0 radical (unpaired) electrons. The Balaban J connectivity index is 0.00000144. The van der Waals surface area contributed by atoms with Gasteiger partial charge in [0, 0.05) is 6.54 Å². The fourth-order valence-corrected chi connectivity index (χ4v) is 1.04. The van der Waals surface area contributed by atoms with Crippen LogP contribution in [0, 0.1) is 12.3 Å². The summed E-state index contributed by atoms with van der Waals surface area (Å²) in [6.07, 6.45) is 5.25. The van der Waals surface area contributed by atoms with E-state index in [1.54, 1.807) is 18.2 Å². The van der Waals surface area contributed by atoms with E-state index in [4.69, 9.17) is 17.3 Å². The maximum Gasteiger partial charge on any atom is 0.115 e. The van der Waals surface area contributed by atoms with Gasteiger partial charge in [-0.05, 0) is 17.7 Å². The number of phenols is 1. The van der Waals surface area contributed by atoms with Crippen LogP contribution in [-0.4, -0.2) is 11.7 Å². The Kier molecular flexibility index (Phi) is 4.98. The number of benzene rings is 1. The average molecular weight is 198 g/mol. The minimum atomic E-state index is -0.0999. The first kappa shape index (κ1) is 11.8. The van der Waals surface area contributed by atoms with Crippen LogP contribution in [0.1, 0.15) is 11.5 Å². The van der Waals surface area contributed by atoms with Crippen molar-refractivity contribution in [3.63, 3.8) is 0 Å². The highest BCUT2D eigenvalue weighted by molar-refractivity contribution is 5.85. The summed E-state index contributed by atoms with van der Waals surface area (Å²) in [5, 5.41) is 9.14. The van der Waals surface area contributed by atoms with E-state index in [2.05, 4.69) is 5.92 Å². The maximum absolute atomic E-state index is 9.14. The molecule has 2 nitrogen and oxygen atoms in total. The van der Waals surface area contributed by atoms with Crippen LogP contribution in [0.25, 0.3) is 0 Å². The van der Waals surface area contributed by atoms with Crippen LogP contribution in [0.15, 0.2) is 24.3 Å². The number of hydrogen-bond donors (Lipinski definition) is 2. The van der Waals surface area contributed by atoms with Gasteiger partial charge in [-0.25, -0.2) is 0 Å². The minimum Gasteiger partial charge on any atom is -0.508 e. The van der Waals surface area contributed by atoms with Crippen molar-refractivity contribution in [1.82, 2.24) is 0 Å². The highest BCUT2D eigenvalue weighted by atomic mass is 35.5. The van der Waals surface area contributed by atoms with Crippen molar-refractivity contribution in [1.29, 1.82) is 0 Å². The van der Waals surface area contributed by atoms with Crippen LogP contribution in [0.5, 0.6) is 5.75 Å².